The topological polar surface area (TPSA) is 49.8 Å². The van der Waals surface area contributed by atoms with E-state index < -0.39 is 0 Å². The van der Waals surface area contributed by atoms with Crippen molar-refractivity contribution in [3.8, 4) is 10.6 Å². The van der Waals surface area contributed by atoms with E-state index in [0.717, 1.165) is 37.4 Å². The summed E-state index contributed by atoms with van der Waals surface area (Å²) >= 11 is 1.70. The van der Waals surface area contributed by atoms with E-state index in [1.54, 1.807) is 17.7 Å². The van der Waals surface area contributed by atoms with Gasteiger partial charge in [0.25, 0.3) is 0 Å². The summed E-state index contributed by atoms with van der Waals surface area (Å²) in [6.07, 6.45) is 3.94. The fourth-order valence-electron chi connectivity index (χ4n) is 2.17. The standard InChI is InChI=1S/C13H16N4S/c1-2-12(18-7-1)11-8-13(16-9-15-11)17-10-3-5-14-6-4-10/h1-2,7-10,14H,3-6H2,(H,15,16,17). The molecule has 3 rings (SSSR count). The van der Waals surface area contributed by atoms with Gasteiger partial charge in [-0.15, -0.1) is 11.3 Å². The van der Waals surface area contributed by atoms with Gasteiger partial charge in [-0.3, -0.25) is 0 Å². The molecule has 2 N–H and O–H groups in total. The molecule has 0 spiro atoms. The van der Waals surface area contributed by atoms with Gasteiger partial charge in [0.05, 0.1) is 10.6 Å². The lowest BCUT2D eigenvalue weighted by Crippen LogP contribution is -2.35. The molecule has 0 unspecified atom stereocenters. The zero-order valence-corrected chi connectivity index (χ0v) is 10.9. The highest BCUT2D eigenvalue weighted by Gasteiger charge is 2.13. The maximum atomic E-state index is 4.32. The molecule has 0 bridgehead atoms. The molecule has 0 radical (unpaired) electrons. The third-order valence-electron chi connectivity index (χ3n) is 3.13. The number of anilines is 1. The van der Waals surface area contributed by atoms with Crippen LogP contribution in [0.25, 0.3) is 10.6 Å². The van der Waals surface area contributed by atoms with Gasteiger partial charge in [0.15, 0.2) is 0 Å². The minimum Gasteiger partial charge on any atom is -0.367 e. The molecule has 0 aliphatic carbocycles. The molecule has 18 heavy (non-hydrogen) atoms. The monoisotopic (exact) mass is 260 g/mol. The summed E-state index contributed by atoms with van der Waals surface area (Å²) in [6.45, 7) is 2.17. The number of thiophene rings is 1. The molecule has 0 amide bonds. The van der Waals surface area contributed by atoms with Gasteiger partial charge in [-0.2, -0.15) is 0 Å². The fourth-order valence-corrected chi connectivity index (χ4v) is 2.86. The Bertz CT molecular complexity index is 491. The first-order valence-corrected chi connectivity index (χ1v) is 7.13. The van der Waals surface area contributed by atoms with Crippen molar-refractivity contribution < 1.29 is 0 Å². The van der Waals surface area contributed by atoms with E-state index in [0.29, 0.717) is 6.04 Å². The molecule has 3 heterocycles. The van der Waals surface area contributed by atoms with Crippen molar-refractivity contribution in [1.29, 1.82) is 0 Å². The molecular weight excluding hydrogens is 244 g/mol. The van der Waals surface area contributed by atoms with Crippen LogP contribution < -0.4 is 10.6 Å². The Morgan fingerprint density at radius 2 is 2.17 bits per heavy atom. The summed E-state index contributed by atoms with van der Waals surface area (Å²) in [4.78, 5) is 9.81. The number of hydrogen-bond acceptors (Lipinski definition) is 5. The van der Waals surface area contributed by atoms with Crippen molar-refractivity contribution in [1.82, 2.24) is 15.3 Å². The summed E-state index contributed by atoms with van der Waals surface area (Å²) in [5.41, 5.74) is 0.997. The number of hydrogen-bond donors (Lipinski definition) is 2. The highest BCUT2D eigenvalue weighted by Crippen LogP contribution is 2.24. The summed E-state index contributed by atoms with van der Waals surface area (Å²) in [5, 5.41) is 8.93. The van der Waals surface area contributed by atoms with Crippen LogP contribution in [-0.2, 0) is 0 Å². The summed E-state index contributed by atoms with van der Waals surface area (Å²) in [7, 11) is 0. The number of rotatable bonds is 3. The molecule has 2 aromatic rings. The van der Waals surface area contributed by atoms with Crippen LogP contribution in [0.15, 0.2) is 29.9 Å². The van der Waals surface area contributed by atoms with Gasteiger partial charge < -0.3 is 10.6 Å². The Kier molecular flexibility index (Phi) is 3.52. The first kappa shape index (κ1) is 11.6. The third-order valence-corrected chi connectivity index (χ3v) is 4.02. The summed E-state index contributed by atoms with van der Waals surface area (Å²) in [5.74, 6) is 0.931. The van der Waals surface area contributed by atoms with Crippen molar-refractivity contribution in [3.05, 3.63) is 29.9 Å². The van der Waals surface area contributed by atoms with Crippen molar-refractivity contribution >= 4 is 17.2 Å². The minimum absolute atomic E-state index is 0.525. The van der Waals surface area contributed by atoms with Crippen molar-refractivity contribution in [2.75, 3.05) is 18.4 Å². The lowest BCUT2D eigenvalue weighted by molar-refractivity contribution is 0.478. The molecule has 2 aromatic heterocycles. The second-order valence-corrected chi connectivity index (χ2v) is 5.38. The Hall–Kier alpha value is -1.46. The van der Waals surface area contributed by atoms with Gasteiger partial charge in [0.1, 0.15) is 12.1 Å². The SMILES string of the molecule is c1csc(-c2cc(NC3CCNCC3)ncn2)c1. The van der Waals surface area contributed by atoms with Crippen LogP contribution in [0.5, 0.6) is 0 Å². The first-order chi connectivity index (χ1) is 8.92. The van der Waals surface area contributed by atoms with Crippen LogP contribution in [0.4, 0.5) is 5.82 Å². The van der Waals surface area contributed by atoms with Gasteiger partial charge in [0, 0.05) is 12.1 Å². The van der Waals surface area contributed by atoms with Crippen molar-refractivity contribution in [2.24, 2.45) is 0 Å². The highest BCUT2D eigenvalue weighted by atomic mass is 32.1. The molecule has 0 aromatic carbocycles. The van der Waals surface area contributed by atoms with Crippen LogP contribution in [0.2, 0.25) is 0 Å². The first-order valence-electron chi connectivity index (χ1n) is 6.25. The van der Waals surface area contributed by atoms with Crippen LogP contribution in [0.3, 0.4) is 0 Å². The zero-order chi connectivity index (χ0) is 12.2. The average Bonchev–Trinajstić information content (AvgIpc) is 2.94. The molecule has 94 valence electrons. The number of nitrogens with one attached hydrogen (secondary N) is 2. The average molecular weight is 260 g/mol. The van der Waals surface area contributed by atoms with Crippen LogP contribution in [0.1, 0.15) is 12.8 Å². The van der Waals surface area contributed by atoms with Crippen molar-refractivity contribution in [2.45, 2.75) is 18.9 Å². The molecule has 5 heteroatoms. The highest BCUT2D eigenvalue weighted by molar-refractivity contribution is 7.13. The molecule has 4 nitrogen and oxygen atoms in total. The van der Waals surface area contributed by atoms with E-state index in [1.807, 2.05) is 12.1 Å². The van der Waals surface area contributed by atoms with Crippen LogP contribution >= 0.6 is 11.3 Å². The Balaban J connectivity index is 1.74. The summed E-state index contributed by atoms with van der Waals surface area (Å²) < 4.78 is 0. The normalized spacial score (nSPS) is 16.7. The van der Waals surface area contributed by atoms with Gasteiger partial charge in [-0.25, -0.2) is 9.97 Å². The van der Waals surface area contributed by atoms with Gasteiger partial charge in [-0.05, 0) is 37.4 Å². The van der Waals surface area contributed by atoms with E-state index in [1.165, 1.54) is 4.88 Å². The Morgan fingerprint density at radius 1 is 1.28 bits per heavy atom. The number of piperidine rings is 1. The number of aromatic nitrogens is 2. The van der Waals surface area contributed by atoms with Crippen molar-refractivity contribution in [3.63, 3.8) is 0 Å². The second kappa shape index (κ2) is 5.46. The molecular formula is C13H16N4S. The number of nitrogens with zero attached hydrogens (tertiary/aromatic N) is 2. The quantitative estimate of drug-likeness (QED) is 0.889. The predicted octanol–water partition coefficient (Wildman–Crippen LogP) is 2.37. The predicted molar refractivity (Wildman–Crippen MR) is 74.9 cm³/mol. The maximum Gasteiger partial charge on any atom is 0.130 e. The third kappa shape index (κ3) is 2.68. The van der Waals surface area contributed by atoms with E-state index in [4.69, 9.17) is 0 Å². The van der Waals surface area contributed by atoms with Gasteiger partial charge in [-0.1, -0.05) is 6.07 Å². The molecule has 1 saturated heterocycles. The second-order valence-electron chi connectivity index (χ2n) is 4.43. The van der Waals surface area contributed by atoms with E-state index >= 15 is 0 Å². The van der Waals surface area contributed by atoms with Gasteiger partial charge >= 0.3 is 0 Å². The molecule has 1 aliphatic heterocycles. The fraction of sp³-hybridized carbons (Fsp3) is 0.385. The van der Waals surface area contributed by atoms with E-state index in [9.17, 15) is 0 Å². The Labute approximate surface area is 110 Å². The molecule has 1 aliphatic rings. The minimum atomic E-state index is 0.525. The molecule has 1 fully saturated rings. The van der Waals surface area contributed by atoms with E-state index in [-0.39, 0.29) is 0 Å². The lowest BCUT2D eigenvalue weighted by Gasteiger charge is -2.24. The van der Waals surface area contributed by atoms with Crippen LogP contribution in [-0.4, -0.2) is 29.1 Å². The smallest absolute Gasteiger partial charge is 0.130 e. The zero-order valence-electron chi connectivity index (χ0n) is 10.1. The van der Waals surface area contributed by atoms with E-state index in [2.05, 4.69) is 32.0 Å². The molecule has 0 saturated carbocycles. The van der Waals surface area contributed by atoms with Crippen LogP contribution in [0, 0.1) is 0 Å². The molecule has 0 atom stereocenters. The summed E-state index contributed by atoms with van der Waals surface area (Å²) in [6, 6.07) is 6.69. The Morgan fingerprint density at radius 3 is 2.94 bits per heavy atom. The maximum absolute atomic E-state index is 4.32. The van der Waals surface area contributed by atoms with Gasteiger partial charge in [0.2, 0.25) is 0 Å². The largest absolute Gasteiger partial charge is 0.367 e. The lowest BCUT2D eigenvalue weighted by atomic mass is 10.1.